The SMILES string of the molecule is CCNC(=O)[C@H]1O[C@@H](n2cnc3c(N)nc(CC4CCN(C(=O)Oc5ccc(OC)cc5)CC4)nc32)C(O)C1O. The summed E-state index contributed by atoms with van der Waals surface area (Å²) in [6.45, 7) is 3.15. The van der Waals surface area contributed by atoms with Gasteiger partial charge in [0.05, 0.1) is 13.4 Å². The van der Waals surface area contributed by atoms with Gasteiger partial charge in [-0.05, 0) is 49.9 Å². The number of methoxy groups -OCH3 is 1. The van der Waals surface area contributed by atoms with Crippen molar-refractivity contribution in [3.8, 4) is 11.5 Å². The molecule has 0 spiro atoms. The van der Waals surface area contributed by atoms with E-state index >= 15 is 0 Å². The minimum atomic E-state index is -1.42. The number of nitrogens with one attached hydrogen (secondary N) is 1. The summed E-state index contributed by atoms with van der Waals surface area (Å²) in [4.78, 5) is 39.9. The molecule has 2 aliphatic heterocycles. The topological polar surface area (TPSA) is 187 Å². The maximum absolute atomic E-state index is 12.6. The number of rotatable bonds is 7. The number of benzene rings is 1. The molecule has 0 saturated carbocycles. The van der Waals surface area contributed by atoms with Crippen molar-refractivity contribution >= 4 is 29.0 Å². The van der Waals surface area contributed by atoms with Crippen LogP contribution in [0.5, 0.6) is 11.5 Å². The second-order valence-electron chi connectivity index (χ2n) is 9.85. The van der Waals surface area contributed by atoms with Crippen molar-refractivity contribution in [3.05, 3.63) is 36.4 Å². The molecule has 3 aromatic rings. The van der Waals surface area contributed by atoms with E-state index in [2.05, 4.69) is 20.3 Å². The highest BCUT2D eigenvalue weighted by molar-refractivity contribution is 5.83. The summed E-state index contributed by atoms with van der Waals surface area (Å²) < 4.78 is 17.8. The third kappa shape index (κ3) is 5.50. The molecule has 2 amide bonds. The van der Waals surface area contributed by atoms with Crippen molar-refractivity contribution < 1.29 is 34.0 Å². The average Bonchev–Trinajstić information content (AvgIpc) is 3.50. The number of nitrogens with two attached hydrogens (primary N) is 1. The Morgan fingerprint density at radius 2 is 1.82 bits per heavy atom. The van der Waals surface area contributed by atoms with Crippen molar-refractivity contribution in [3.63, 3.8) is 0 Å². The number of amides is 2. The molecule has 40 heavy (non-hydrogen) atoms. The lowest BCUT2D eigenvalue weighted by Gasteiger charge is -2.31. The van der Waals surface area contributed by atoms with Crippen molar-refractivity contribution in [2.75, 3.05) is 32.5 Å². The minimum Gasteiger partial charge on any atom is -0.497 e. The molecule has 4 atom stereocenters. The summed E-state index contributed by atoms with van der Waals surface area (Å²) in [7, 11) is 1.57. The van der Waals surface area contributed by atoms with E-state index in [1.54, 1.807) is 43.2 Å². The molecule has 0 bridgehead atoms. The van der Waals surface area contributed by atoms with Gasteiger partial charge in [-0.2, -0.15) is 0 Å². The molecule has 14 nitrogen and oxygen atoms in total. The first-order chi connectivity index (χ1) is 19.3. The number of imidazole rings is 1. The van der Waals surface area contributed by atoms with Crippen LogP contribution in [0.2, 0.25) is 0 Å². The summed E-state index contributed by atoms with van der Waals surface area (Å²) in [5.41, 5.74) is 6.84. The standard InChI is InChI=1S/C26H33N7O7/c1-3-28-24(36)21-19(34)20(35)25(40-21)33-13-29-18-22(27)30-17(31-23(18)33)12-14-8-10-32(11-9-14)26(37)39-16-6-4-15(38-2)5-7-16/h4-7,13-14,19-21,25,34-35H,3,8-12H2,1-2H3,(H,28,36)(H2,27,30,31)/t19?,20?,21-,25+/m0/s1. The van der Waals surface area contributed by atoms with Gasteiger partial charge in [-0.25, -0.2) is 19.7 Å². The number of fused-ring (bicyclic) bond motifs is 1. The number of ether oxygens (including phenoxy) is 3. The average molecular weight is 556 g/mol. The van der Waals surface area contributed by atoms with Crippen LogP contribution in [-0.2, 0) is 16.0 Å². The predicted molar refractivity (Wildman–Crippen MR) is 141 cm³/mol. The van der Waals surface area contributed by atoms with Gasteiger partial charge in [0, 0.05) is 26.1 Å². The maximum atomic E-state index is 12.6. The number of carbonyl (C=O) groups excluding carboxylic acids is 2. The Morgan fingerprint density at radius 3 is 2.50 bits per heavy atom. The van der Waals surface area contributed by atoms with E-state index in [1.165, 1.54) is 10.9 Å². The van der Waals surface area contributed by atoms with Crippen molar-refractivity contribution in [1.29, 1.82) is 0 Å². The largest absolute Gasteiger partial charge is 0.497 e. The van der Waals surface area contributed by atoms with Crippen LogP contribution in [0.25, 0.3) is 11.2 Å². The third-order valence-electron chi connectivity index (χ3n) is 7.23. The summed E-state index contributed by atoms with van der Waals surface area (Å²) in [6.07, 6.45) is -2.17. The Kier molecular flexibility index (Phi) is 8.00. The monoisotopic (exact) mass is 555 g/mol. The highest BCUT2D eigenvalue weighted by Crippen LogP contribution is 2.33. The summed E-state index contributed by atoms with van der Waals surface area (Å²) in [5.74, 6) is 1.47. The van der Waals surface area contributed by atoms with E-state index < -0.39 is 36.5 Å². The number of aromatic nitrogens is 4. The summed E-state index contributed by atoms with van der Waals surface area (Å²) in [5, 5.41) is 23.6. The number of hydrogen-bond acceptors (Lipinski definition) is 11. The Hall–Kier alpha value is -4.01. The molecule has 5 N–H and O–H groups in total. The van der Waals surface area contributed by atoms with Crippen LogP contribution in [0.15, 0.2) is 30.6 Å². The molecular formula is C26H33N7O7. The van der Waals surface area contributed by atoms with Crippen LogP contribution in [-0.4, -0.2) is 91.7 Å². The lowest BCUT2D eigenvalue weighted by Crippen LogP contribution is -2.42. The first kappa shape index (κ1) is 27.6. The highest BCUT2D eigenvalue weighted by atomic mass is 16.6. The smallest absolute Gasteiger partial charge is 0.415 e. The lowest BCUT2D eigenvalue weighted by atomic mass is 9.93. The summed E-state index contributed by atoms with van der Waals surface area (Å²) >= 11 is 0. The van der Waals surface area contributed by atoms with Gasteiger partial charge in [0.25, 0.3) is 5.91 Å². The Labute approximate surface area is 230 Å². The molecular weight excluding hydrogens is 522 g/mol. The van der Waals surface area contributed by atoms with Gasteiger partial charge in [0.1, 0.15) is 35.0 Å². The maximum Gasteiger partial charge on any atom is 0.415 e. The summed E-state index contributed by atoms with van der Waals surface area (Å²) in [6, 6.07) is 6.82. The van der Waals surface area contributed by atoms with E-state index in [1.807, 2.05) is 0 Å². The number of likely N-dealkylation sites (N-methyl/N-ethyl adjacent to an activating group) is 1. The fourth-order valence-electron chi connectivity index (χ4n) is 5.03. The number of nitrogen functional groups attached to an aromatic ring is 1. The minimum absolute atomic E-state index is 0.174. The molecule has 14 heteroatoms. The number of carbonyl (C=O) groups is 2. The predicted octanol–water partition coefficient (Wildman–Crippen LogP) is 0.626. The van der Waals surface area contributed by atoms with Gasteiger partial charge in [0.2, 0.25) is 0 Å². The molecule has 4 heterocycles. The van der Waals surface area contributed by atoms with Crippen LogP contribution in [0.3, 0.4) is 0 Å². The normalized spacial score (nSPS) is 23.4. The first-order valence-electron chi connectivity index (χ1n) is 13.2. The van der Waals surface area contributed by atoms with Gasteiger partial charge < -0.3 is 40.4 Å². The molecule has 1 aromatic carbocycles. The lowest BCUT2D eigenvalue weighted by molar-refractivity contribution is -0.137. The number of hydrogen-bond donors (Lipinski definition) is 4. The molecule has 2 aliphatic rings. The third-order valence-corrected chi connectivity index (χ3v) is 7.23. The van der Waals surface area contributed by atoms with E-state index in [-0.39, 0.29) is 11.7 Å². The van der Waals surface area contributed by atoms with Gasteiger partial charge in [0.15, 0.2) is 23.8 Å². The zero-order valence-electron chi connectivity index (χ0n) is 22.3. The molecule has 2 unspecified atom stereocenters. The Bertz CT molecular complexity index is 1360. The van der Waals surface area contributed by atoms with E-state index in [0.29, 0.717) is 54.5 Å². The van der Waals surface area contributed by atoms with Crippen LogP contribution in [0, 0.1) is 5.92 Å². The number of likely N-dealkylation sites (tertiary alicyclic amines) is 1. The Morgan fingerprint density at radius 1 is 1.12 bits per heavy atom. The number of nitrogens with zero attached hydrogens (tertiary/aromatic N) is 5. The van der Waals surface area contributed by atoms with Gasteiger partial charge in [-0.3, -0.25) is 9.36 Å². The van der Waals surface area contributed by atoms with Crippen LogP contribution >= 0.6 is 0 Å². The number of aliphatic hydroxyl groups is 2. The van der Waals surface area contributed by atoms with Gasteiger partial charge in [-0.1, -0.05) is 0 Å². The van der Waals surface area contributed by atoms with Crippen molar-refractivity contribution in [2.45, 2.75) is 50.7 Å². The molecule has 2 fully saturated rings. The van der Waals surface area contributed by atoms with E-state index in [4.69, 9.17) is 19.9 Å². The zero-order valence-corrected chi connectivity index (χ0v) is 22.3. The zero-order chi connectivity index (χ0) is 28.4. The molecule has 5 rings (SSSR count). The van der Waals surface area contributed by atoms with Crippen molar-refractivity contribution in [1.82, 2.24) is 29.7 Å². The molecule has 0 radical (unpaired) electrons. The number of aliphatic hydroxyl groups excluding tert-OH is 2. The van der Waals surface area contributed by atoms with Crippen LogP contribution < -0.4 is 20.5 Å². The molecule has 2 aromatic heterocycles. The van der Waals surface area contributed by atoms with E-state index in [0.717, 1.165) is 12.8 Å². The van der Waals surface area contributed by atoms with Gasteiger partial charge >= 0.3 is 6.09 Å². The molecule has 0 aliphatic carbocycles. The first-order valence-corrected chi connectivity index (χ1v) is 13.2. The number of anilines is 1. The number of piperidine rings is 1. The molecule has 214 valence electrons. The van der Waals surface area contributed by atoms with Gasteiger partial charge in [-0.15, -0.1) is 0 Å². The van der Waals surface area contributed by atoms with Crippen LogP contribution in [0.4, 0.5) is 10.6 Å². The Balaban J connectivity index is 1.24. The second kappa shape index (κ2) is 11.6. The van der Waals surface area contributed by atoms with Crippen LogP contribution in [0.1, 0.15) is 31.8 Å². The van der Waals surface area contributed by atoms with E-state index in [9.17, 15) is 19.8 Å². The quantitative estimate of drug-likeness (QED) is 0.320. The fraction of sp³-hybridized carbons (Fsp3) is 0.500. The molecule has 2 saturated heterocycles. The van der Waals surface area contributed by atoms with Crippen molar-refractivity contribution in [2.24, 2.45) is 5.92 Å². The fourth-order valence-corrected chi connectivity index (χ4v) is 5.03. The highest BCUT2D eigenvalue weighted by Gasteiger charge is 2.47. The second-order valence-corrected chi connectivity index (χ2v) is 9.85.